The molecule has 0 atom stereocenters. The number of nitrogens with two attached hydrogens (primary N) is 1. The smallest absolute Gasteiger partial charge is 0.398 e. The quantitative estimate of drug-likeness (QED) is 0.753. The van der Waals surface area contributed by atoms with Gasteiger partial charge < -0.3 is 5.73 Å². The molecule has 0 amide bonds. The summed E-state index contributed by atoms with van der Waals surface area (Å²) in [6.45, 7) is 0. The van der Waals surface area contributed by atoms with Crippen LogP contribution in [0.25, 0.3) is 11.1 Å². The molecule has 0 heterocycles. The van der Waals surface area contributed by atoms with Gasteiger partial charge in [0.2, 0.25) is 0 Å². The van der Waals surface area contributed by atoms with Gasteiger partial charge in [-0.2, -0.15) is 13.2 Å². The second-order valence-corrected chi connectivity index (χ2v) is 4.16. The first-order valence-corrected chi connectivity index (χ1v) is 5.49. The van der Waals surface area contributed by atoms with Crippen LogP contribution in [-0.2, 0) is 6.18 Å². The standard InChI is InChI=1S/C13H9ClF3N/c14-9-6-7-10(18)11(12(9)13(15,16)17)8-4-2-1-3-5-8/h1-7H,18H2. The monoisotopic (exact) mass is 271 g/mol. The van der Waals surface area contributed by atoms with Crippen LogP contribution in [0, 0.1) is 0 Å². The minimum atomic E-state index is -4.54. The van der Waals surface area contributed by atoms with Crippen molar-refractivity contribution in [2.75, 3.05) is 5.73 Å². The molecule has 0 aliphatic carbocycles. The Kier molecular flexibility index (Phi) is 3.22. The van der Waals surface area contributed by atoms with Crippen LogP contribution in [0.5, 0.6) is 0 Å². The minimum absolute atomic E-state index is 0.0536. The Morgan fingerprint density at radius 2 is 1.56 bits per heavy atom. The van der Waals surface area contributed by atoms with Crippen LogP contribution in [0.15, 0.2) is 42.5 Å². The SMILES string of the molecule is Nc1ccc(Cl)c(C(F)(F)F)c1-c1ccccc1. The van der Waals surface area contributed by atoms with E-state index in [1.807, 2.05) is 0 Å². The molecule has 0 radical (unpaired) electrons. The Labute approximate surface area is 107 Å². The lowest BCUT2D eigenvalue weighted by molar-refractivity contribution is -0.136. The van der Waals surface area contributed by atoms with E-state index in [2.05, 4.69) is 0 Å². The minimum Gasteiger partial charge on any atom is -0.398 e. The molecular weight excluding hydrogens is 263 g/mol. The van der Waals surface area contributed by atoms with Gasteiger partial charge in [-0.25, -0.2) is 0 Å². The lowest BCUT2D eigenvalue weighted by Gasteiger charge is -2.16. The zero-order valence-electron chi connectivity index (χ0n) is 9.13. The molecule has 2 N–H and O–H groups in total. The van der Waals surface area contributed by atoms with Crippen molar-refractivity contribution >= 4 is 17.3 Å². The third kappa shape index (κ3) is 2.29. The maximum absolute atomic E-state index is 13.0. The number of nitrogen functional groups attached to an aromatic ring is 1. The molecule has 0 aliphatic heterocycles. The molecule has 0 saturated heterocycles. The van der Waals surface area contributed by atoms with Gasteiger partial charge in [0, 0.05) is 11.3 Å². The van der Waals surface area contributed by atoms with Crippen molar-refractivity contribution < 1.29 is 13.2 Å². The van der Waals surface area contributed by atoms with Gasteiger partial charge in [0.25, 0.3) is 0 Å². The van der Waals surface area contributed by atoms with E-state index in [4.69, 9.17) is 17.3 Å². The van der Waals surface area contributed by atoms with Crippen LogP contribution in [0.4, 0.5) is 18.9 Å². The summed E-state index contributed by atoms with van der Waals surface area (Å²) in [5.41, 5.74) is 5.14. The number of anilines is 1. The number of rotatable bonds is 1. The zero-order valence-corrected chi connectivity index (χ0v) is 9.89. The number of hydrogen-bond donors (Lipinski definition) is 1. The molecule has 0 unspecified atom stereocenters. The zero-order chi connectivity index (χ0) is 13.3. The summed E-state index contributed by atoms with van der Waals surface area (Å²) in [5.74, 6) is 0. The maximum atomic E-state index is 13.0. The summed E-state index contributed by atoms with van der Waals surface area (Å²) >= 11 is 5.66. The topological polar surface area (TPSA) is 26.0 Å². The fraction of sp³-hybridized carbons (Fsp3) is 0.0769. The Morgan fingerprint density at radius 3 is 2.11 bits per heavy atom. The van der Waals surface area contributed by atoms with Gasteiger partial charge in [-0.1, -0.05) is 41.9 Å². The number of halogens is 4. The normalized spacial score (nSPS) is 11.6. The highest BCUT2D eigenvalue weighted by Gasteiger charge is 2.37. The van der Waals surface area contributed by atoms with Crippen LogP contribution in [0.2, 0.25) is 5.02 Å². The Balaban J connectivity index is 2.78. The van der Waals surface area contributed by atoms with Crippen LogP contribution in [0.1, 0.15) is 5.56 Å². The summed E-state index contributed by atoms with van der Waals surface area (Å²) in [6, 6.07) is 10.7. The average Bonchev–Trinajstić information content (AvgIpc) is 2.31. The van der Waals surface area contributed by atoms with E-state index in [0.717, 1.165) is 6.07 Å². The first-order chi connectivity index (χ1) is 8.41. The molecule has 18 heavy (non-hydrogen) atoms. The molecule has 0 aliphatic rings. The molecule has 2 aromatic rings. The van der Waals surface area contributed by atoms with E-state index < -0.39 is 11.7 Å². The van der Waals surface area contributed by atoms with Crippen molar-refractivity contribution in [3.63, 3.8) is 0 Å². The summed E-state index contributed by atoms with van der Waals surface area (Å²) in [6.07, 6.45) is -4.54. The first-order valence-electron chi connectivity index (χ1n) is 5.12. The fourth-order valence-electron chi connectivity index (χ4n) is 1.79. The van der Waals surface area contributed by atoms with Gasteiger partial charge in [0.05, 0.1) is 10.6 Å². The average molecular weight is 272 g/mol. The summed E-state index contributed by atoms with van der Waals surface area (Å²) in [4.78, 5) is 0. The molecule has 0 spiro atoms. The number of alkyl halides is 3. The summed E-state index contributed by atoms with van der Waals surface area (Å²) < 4.78 is 39.1. The molecule has 0 fully saturated rings. The third-order valence-electron chi connectivity index (χ3n) is 2.53. The molecule has 1 nitrogen and oxygen atoms in total. The van der Waals surface area contributed by atoms with Crippen LogP contribution >= 0.6 is 11.6 Å². The van der Waals surface area contributed by atoms with Crippen molar-refractivity contribution in [2.24, 2.45) is 0 Å². The van der Waals surface area contributed by atoms with E-state index in [1.54, 1.807) is 30.3 Å². The second kappa shape index (κ2) is 4.53. The van der Waals surface area contributed by atoms with E-state index in [0.29, 0.717) is 5.56 Å². The molecule has 5 heteroatoms. The van der Waals surface area contributed by atoms with Crippen molar-refractivity contribution in [3.8, 4) is 11.1 Å². The molecule has 2 aromatic carbocycles. The van der Waals surface area contributed by atoms with Crippen molar-refractivity contribution in [3.05, 3.63) is 53.1 Å². The van der Waals surface area contributed by atoms with E-state index in [-0.39, 0.29) is 16.3 Å². The molecular formula is C13H9ClF3N. The highest BCUT2D eigenvalue weighted by molar-refractivity contribution is 6.32. The number of benzene rings is 2. The summed E-state index contributed by atoms with van der Waals surface area (Å²) in [7, 11) is 0. The molecule has 2 rings (SSSR count). The van der Waals surface area contributed by atoms with Gasteiger partial charge in [-0.15, -0.1) is 0 Å². The molecule has 0 aromatic heterocycles. The Bertz CT molecular complexity index is 564. The Hall–Kier alpha value is -1.68. The van der Waals surface area contributed by atoms with E-state index in [1.165, 1.54) is 6.07 Å². The molecule has 0 bridgehead atoms. The van der Waals surface area contributed by atoms with Crippen molar-refractivity contribution in [2.45, 2.75) is 6.18 Å². The first kappa shape index (κ1) is 12.8. The largest absolute Gasteiger partial charge is 0.418 e. The van der Waals surface area contributed by atoms with Crippen LogP contribution < -0.4 is 5.73 Å². The van der Waals surface area contributed by atoms with Crippen molar-refractivity contribution in [1.29, 1.82) is 0 Å². The van der Waals surface area contributed by atoms with Gasteiger partial charge >= 0.3 is 6.18 Å². The second-order valence-electron chi connectivity index (χ2n) is 3.75. The summed E-state index contributed by atoms with van der Waals surface area (Å²) in [5, 5.41) is -0.351. The number of hydrogen-bond acceptors (Lipinski definition) is 1. The van der Waals surface area contributed by atoms with Gasteiger partial charge in [0.15, 0.2) is 0 Å². The fourth-order valence-corrected chi connectivity index (χ4v) is 2.05. The van der Waals surface area contributed by atoms with E-state index >= 15 is 0 Å². The predicted octanol–water partition coefficient (Wildman–Crippen LogP) is 4.61. The van der Waals surface area contributed by atoms with Crippen molar-refractivity contribution in [1.82, 2.24) is 0 Å². The van der Waals surface area contributed by atoms with Crippen LogP contribution in [-0.4, -0.2) is 0 Å². The van der Waals surface area contributed by atoms with Crippen LogP contribution in [0.3, 0.4) is 0 Å². The molecule has 0 saturated carbocycles. The van der Waals surface area contributed by atoms with Gasteiger partial charge in [0.1, 0.15) is 0 Å². The van der Waals surface area contributed by atoms with Gasteiger partial charge in [-0.3, -0.25) is 0 Å². The van der Waals surface area contributed by atoms with E-state index in [9.17, 15) is 13.2 Å². The highest BCUT2D eigenvalue weighted by atomic mass is 35.5. The lowest BCUT2D eigenvalue weighted by atomic mass is 9.97. The highest BCUT2D eigenvalue weighted by Crippen LogP contribution is 2.44. The van der Waals surface area contributed by atoms with Gasteiger partial charge in [-0.05, 0) is 17.7 Å². The lowest BCUT2D eigenvalue weighted by Crippen LogP contribution is -2.10. The third-order valence-corrected chi connectivity index (χ3v) is 2.85. The predicted molar refractivity (Wildman–Crippen MR) is 66.3 cm³/mol. The maximum Gasteiger partial charge on any atom is 0.418 e. The molecule has 94 valence electrons. The Morgan fingerprint density at radius 1 is 0.944 bits per heavy atom.